The lowest BCUT2D eigenvalue weighted by Gasteiger charge is -2.12. The predicted octanol–water partition coefficient (Wildman–Crippen LogP) is 6.27. The molecule has 1 atom stereocenters. The molecule has 5 rings (SSSR count). The summed E-state index contributed by atoms with van der Waals surface area (Å²) in [4.78, 5) is 15.8. The summed E-state index contributed by atoms with van der Waals surface area (Å²) in [6.45, 7) is 4.23. The number of carbonyl (C=O) groups excluding carboxylic acids is 1. The van der Waals surface area contributed by atoms with Crippen LogP contribution in [0.2, 0.25) is 0 Å². The van der Waals surface area contributed by atoms with E-state index in [1.165, 1.54) is 19.8 Å². The largest absolute Gasteiger partial charge is 0.493 e. The standard InChI is InChI=1S/C27H26N2O4/c1-17(29-18(2)30)20-8-9-21-13-26(33-25(21)12-20)22-10-11-27(28-15-22)32-24-5-3-4-23(14-24)31-16-19-6-7-19/h3-5,8-15,17,19H,6-7,16H2,1-2H3,(H,29,30). The first-order valence-corrected chi connectivity index (χ1v) is 11.2. The van der Waals surface area contributed by atoms with E-state index in [9.17, 15) is 4.79 Å². The number of ether oxygens (including phenoxy) is 2. The second-order valence-electron chi connectivity index (χ2n) is 8.55. The molecule has 1 unspecified atom stereocenters. The van der Waals surface area contributed by atoms with Gasteiger partial charge in [-0.05, 0) is 61.6 Å². The number of nitrogens with zero attached hydrogens (tertiary/aromatic N) is 1. The molecule has 2 aromatic carbocycles. The first kappa shape index (κ1) is 21.1. The molecule has 0 saturated heterocycles. The van der Waals surface area contributed by atoms with Crippen LogP contribution in [-0.4, -0.2) is 17.5 Å². The second kappa shape index (κ2) is 8.98. The summed E-state index contributed by atoms with van der Waals surface area (Å²) in [6.07, 6.45) is 4.26. The molecule has 1 fully saturated rings. The van der Waals surface area contributed by atoms with Crippen molar-refractivity contribution in [2.24, 2.45) is 5.92 Å². The van der Waals surface area contributed by atoms with Crippen LogP contribution in [0.4, 0.5) is 0 Å². The lowest BCUT2D eigenvalue weighted by molar-refractivity contribution is -0.119. The van der Waals surface area contributed by atoms with Crippen molar-refractivity contribution in [1.82, 2.24) is 10.3 Å². The van der Waals surface area contributed by atoms with Crippen molar-refractivity contribution in [1.29, 1.82) is 0 Å². The number of amides is 1. The molecule has 1 aliphatic rings. The van der Waals surface area contributed by atoms with Crippen LogP contribution in [0.5, 0.6) is 17.4 Å². The Balaban J connectivity index is 1.29. The van der Waals surface area contributed by atoms with E-state index in [1.807, 2.05) is 67.6 Å². The minimum absolute atomic E-state index is 0.0615. The van der Waals surface area contributed by atoms with E-state index < -0.39 is 0 Å². The van der Waals surface area contributed by atoms with Gasteiger partial charge in [0.05, 0.1) is 12.6 Å². The fourth-order valence-corrected chi connectivity index (χ4v) is 3.68. The molecule has 2 heterocycles. The van der Waals surface area contributed by atoms with Gasteiger partial charge in [-0.1, -0.05) is 18.2 Å². The van der Waals surface area contributed by atoms with Gasteiger partial charge in [-0.15, -0.1) is 0 Å². The Morgan fingerprint density at radius 3 is 2.73 bits per heavy atom. The Bertz CT molecular complexity index is 1280. The van der Waals surface area contributed by atoms with Gasteiger partial charge in [-0.2, -0.15) is 0 Å². The average molecular weight is 443 g/mol. The van der Waals surface area contributed by atoms with Crippen LogP contribution in [0.25, 0.3) is 22.3 Å². The predicted molar refractivity (Wildman–Crippen MR) is 126 cm³/mol. The topological polar surface area (TPSA) is 73.6 Å². The molecular weight excluding hydrogens is 416 g/mol. The third kappa shape index (κ3) is 5.17. The number of nitrogens with one attached hydrogen (secondary N) is 1. The van der Waals surface area contributed by atoms with Crippen molar-refractivity contribution in [3.8, 4) is 28.7 Å². The van der Waals surface area contributed by atoms with Crippen molar-refractivity contribution in [3.05, 3.63) is 72.4 Å². The van der Waals surface area contributed by atoms with E-state index in [4.69, 9.17) is 13.9 Å². The second-order valence-corrected chi connectivity index (χ2v) is 8.55. The van der Waals surface area contributed by atoms with Crippen LogP contribution in [-0.2, 0) is 4.79 Å². The highest BCUT2D eigenvalue weighted by molar-refractivity contribution is 5.83. The highest BCUT2D eigenvalue weighted by Gasteiger charge is 2.22. The maximum absolute atomic E-state index is 11.3. The molecule has 6 nitrogen and oxygen atoms in total. The summed E-state index contributed by atoms with van der Waals surface area (Å²) in [5.74, 6) is 3.37. The lowest BCUT2D eigenvalue weighted by Crippen LogP contribution is -2.23. The summed E-state index contributed by atoms with van der Waals surface area (Å²) >= 11 is 0. The molecule has 33 heavy (non-hydrogen) atoms. The number of pyridine rings is 1. The molecule has 2 aromatic heterocycles. The van der Waals surface area contributed by atoms with Gasteiger partial charge in [0, 0.05) is 36.2 Å². The van der Waals surface area contributed by atoms with Crippen molar-refractivity contribution in [2.45, 2.75) is 32.7 Å². The monoisotopic (exact) mass is 442 g/mol. The minimum Gasteiger partial charge on any atom is -0.493 e. The summed E-state index contributed by atoms with van der Waals surface area (Å²) in [6, 6.07) is 19.2. The Morgan fingerprint density at radius 1 is 1.12 bits per heavy atom. The number of fused-ring (bicyclic) bond motifs is 1. The quantitative estimate of drug-likeness (QED) is 0.348. The molecule has 0 radical (unpaired) electrons. The van der Waals surface area contributed by atoms with Crippen molar-refractivity contribution >= 4 is 16.9 Å². The van der Waals surface area contributed by atoms with Gasteiger partial charge in [-0.25, -0.2) is 4.98 Å². The number of hydrogen-bond donors (Lipinski definition) is 1. The Kier molecular flexibility index (Phi) is 5.73. The lowest BCUT2D eigenvalue weighted by atomic mass is 10.1. The van der Waals surface area contributed by atoms with Crippen LogP contribution in [0.15, 0.2) is 71.3 Å². The van der Waals surface area contributed by atoms with Crippen LogP contribution >= 0.6 is 0 Å². The zero-order chi connectivity index (χ0) is 22.8. The Hall–Kier alpha value is -3.80. The number of furan rings is 1. The highest BCUT2D eigenvalue weighted by Crippen LogP contribution is 2.32. The van der Waals surface area contributed by atoms with Crippen molar-refractivity contribution in [3.63, 3.8) is 0 Å². The highest BCUT2D eigenvalue weighted by atomic mass is 16.5. The van der Waals surface area contributed by atoms with E-state index in [1.54, 1.807) is 6.20 Å². The normalized spacial score (nSPS) is 14.1. The minimum atomic E-state index is -0.0869. The Morgan fingerprint density at radius 2 is 1.97 bits per heavy atom. The summed E-state index contributed by atoms with van der Waals surface area (Å²) < 4.78 is 17.8. The molecule has 1 N–H and O–H groups in total. The van der Waals surface area contributed by atoms with Crippen LogP contribution in [0.1, 0.15) is 38.3 Å². The van der Waals surface area contributed by atoms with Crippen molar-refractivity contribution < 1.29 is 18.7 Å². The molecule has 6 heteroatoms. The van der Waals surface area contributed by atoms with E-state index in [0.29, 0.717) is 17.5 Å². The van der Waals surface area contributed by atoms with E-state index in [0.717, 1.165) is 40.2 Å². The van der Waals surface area contributed by atoms with Crippen LogP contribution in [0, 0.1) is 5.92 Å². The third-order valence-corrected chi connectivity index (χ3v) is 5.70. The third-order valence-electron chi connectivity index (χ3n) is 5.70. The SMILES string of the molecule is CC(=O)NC(C)c1ccc2cc(-c3ccc(Oc4cccc(OCC5CC5)c4)nc3)oc2c1. The van der Waals surface area contributed by atoms with E-state index >= 15 is 0 Å². The average Bonchev–Trinajstić information content (AvgIpc) is 3.54. The summed E-state index contributed by atoms with van der Waals surface area (Å²) in [5.41, 5.74) is 2.61. The molecule has 1 saturated carbocycles. The van der Waals surface area contributed by atoms with E-state index in [-0.39, 0.29) is 11.9 Å². The number of hydrogen-bond acceptors (Lipinski definition) is 5. The van der Waals surface area contributed by atoms with Crippen LogP contribution < -0.4 is 14.8 Å². The molecule has 0 spiro atoms. The number of carbonyl (C=O) groups is 1. The number of benzene rings is 2. The fraction of sp³-hybridized carbons (Fsp3) is 0.259. The van der Waals surface area contributed by atoms with Gasteiger partial charge >= 0.3 is 0 Å². The van der Waals surface area contributed by atoms with Crippen molar-refractivity contribution in [2.75, 3.05) is 6.61 Å². The number of aromatic nitrogens is 1. The first-order chi connectivity index (χ1) is 16.0. The van der Waals surface area contributed by atoms with Gasteiger partial charge in [0.2, 0.25) is 11.8 Å². The molecule has 0 bridgehead atoms. The smallest absolute Gasteiger partial charge is 0.219 e. The maximum atomic E-state index is 11.3. The van der Waals surface area contributed by atoms with Gasteiger partial charge < -0.3 is 19.2 Å². The summed E-state index contributed by atoms with van der Waals surface area (Å²) in [5, 5.41) is 3.89. The molecule has 0 aliphatic heterocycles. The fourth-order valence-electron chi connectivity index (χ4n) is 3.68. The Labute approximate surface area is 192 Å². The zero-order valence-corrected chi connectivity index (χ0v) is 18.7. The molecule has 4 aromatic rings. The first-order valence-electron chi connectivity index (χ1n) is 11.2. The van der Waals surface area contributed by atoms with Gasteiger partial charge in [0.25, 0.3) is 0 Å². The molecule has 168 valence electrons. The van der Waals surface area contributed by atoms with Gasteiger partial charge in [0.15, 0.2) is 0 Å². The van der Waals surface area contributed by atoms with Crippen LogP contribution in [0.3, 0.4) is 0 Å². The molecular formula is C27H26N2O4. The van der Waals surface area contributed by atoms with Gasteiger partial charge in [-0.3, -0.25) is 4.79 Å². The van der Waals surface area contributed by atoms with E-state index in [2.05, 4.69) is 10.3 Å². The number of rotatable bonds is 8. The van der Waals surface area contributed by atoms with Gasteiger partial charge in [0.1, 0.15) is 22.8 Å². The maximum Gasteiger partial charge on any atom is 0.219 e. The molecule has 1 aliphatic carbocycles. The zero-order valence-electron chi connectivity index (χ0n) is 18.7. The summed E-state index contributed by atoms with van der Waals surface area (Å²) in [7, 11) is 0. The molecule has 1 amide bonds.